The number of halogens is 1. The molecular weight excluding hydrogens is 354 g/mol. The Labute approximate surface area is 160 Å². The maximum atomic E-state index is 12.3. The van der Waals surface area contributed by atoms with Crippen LogP contribution in [0.5, 0.6) is 0 Å². The molecule has 2 atom stereocenters. The van der Waals surface area contributed by atoms with Crippen LogP contribution >= 0.6 is 12.4 Å². The molecule has 6 nitrogen and oxygen atoms in total. The molecule has 2 aliphatic rings. The number of nitrogens with zero attached hydrogens (tertiary/aromatic N) is 1. The summed E-state index contributed by atoms with van der Waals surface area (Å²) < 4.78 is 0. The zero-order valence-corrected chi connectivity index (χ0v) is 15.8. The van der Waals surface area contributed by atoms with Crippen molar-refractivity contribution in [1.29, 1.82) is 0 Å². The van der Waals surface area contributed by atoms with Crippen molar-refractivity contribution >= 4 is 30.1 Å². The Bertz CT molecular complexity index is 639. The van der Waals surface area contributed by atoms with Crippen LogP contribution in [-0.4, -0.2) is 48.8 Å². The number of hydrogen-bond acceptors (Lipinski definition) is 4. The Kier molecular flexibility index (Phi) is 7.17. The number of rotatable bonds is 6. The van der Waals surface area contributed by atoms with E-state index in [-0.39, 0.29) is 36.7 Å². The molecule has 0 spiro atoms. The van der Waals surface area contributed by atoms with E-state index in [4.69, 9.17) is 0 Å². The van der Waals surface area contributed by atoms with E-state index < -0.39 is 0 Å². The minimum atomic E-state index is -0.281. The topological polar surface area (TPSA) is 78.5 Å². The van der Waals surface area contributed by atoms with Gasteiger partial charge in [-0.15, -0.1) is 12.4 Å². The Morgan fingerprint density at radius 2 is 1.92 bits per heavy atom. The molecule has 2 N–H and O–H groups in total. The number of carbonyl (C=O) groups is 3. The van der Waals surface area contributed by atoms with Crippen molar-refractivity contribution in [3.63, 3.8) is 0 Å². The van der Waals surface area contributed by atoms with E-state index in [2.05, 4.69) is 17.6 Å². The maximum Gasteiger partial charge on any atom is 0.261 e. The van der Waals surface area contributed by atoms with Gasteiger partial charge in [-0.2, -0.15) is 0 Å². The van der Waals surface area contributed by atoms with Crippen LogP contribution in [0.15, 0.2) is 24.3 Å². The molecule has 1 aromatic carbocycles. The van der Waals surface area contributed by atoms with E-state index in [1.807, 2.05) is 0 Å². The van der Waals surface area contributed by atoms with Crippen molar-refractivity contribution in [1.82, 2.24) is 15.5 Å². The molecule has 0 saturated carbocycles. The van der Waals surface area contributed by atoms with Crippen LogP contribution in [-0.2, 0) is 4.79 Å². The lowest BCUT2D eigenvalue weighted by atomic mass is 9.85. The Balaban J connectivity index is 0.00000243. The van der Waals surface area contributed by atoms with Crippen molar-refractivity contribution in [3.8, 4) is 0 Å². The molecule has 1 fully saturated rings. The molecule has 1 saturated heterocycles. The minimum absolute atomic E-state index is 0. The second kappa shape index (κ2) is 9.14. The molecule has 2 heterocycles. The Morgan fingerprint density at radius 3 is 2.50 bits per heavy atom. The summed E-state index contributed by atoms with van der Waals surface area (Å²) in [6.45, 7) is 4.65. The predicted octanol–water partition coefficient (Wildman–Crippen LogP) is 1.85. The molecule has 0 bridgehead atoms. The summed E-state index contributed by atoms with van der Waals surface area (Å²) in [5.41, 5.74) is 0.884. The quantitative estimate of drug-likeness (QED) is 0.739. The van der Waals surface area contributed by atoms with Crippen molar-refractivity contribution in [3.05, 3.63) is 35.4 Å². The zero-order chi connectivity index (χ0) is 17.8. The minimum Gasteiger partial charge on any atom is -0.354 e. The van der Waals surface area contributed by atoms with Crippen LogP contribution in [0.4, 0.5) is 0 Å². The summed E-state index contributed by atoms with van der Waals surface area (Å²) in [6, 6.07) is 6.82. The first kappa shape index (κ1) is 20.4. The Hall–Kier alpha value is -1.92. The molecule has 0 aromatic heterocycles. The number of carbonyl (C=O) groups excluding carboxylic acids is 3. The van der Waals surface area contributed by atoms with Gasteiger partial charge in [0.15, 0.2) is 0 Å². The molecular formula is C19H26ClN3O3. The summed E-state index contributed by atoms with van der Waals surface area (Å²) in [6.07, 6.45) is 2.81. The summed E-state index contributed by atoms with van der Waals surface area (Å²) in [4.78, 5) is 37.8. The third kappa shape index (κ3) is 4.43. The van der Waals surface area contributed by atoms with Crippen LogP contribution < -0.4 is 10.6 Å². The molecule has 3 rings (SSSR count). The van der Waals surface area contributed by atoms with E-state index in [1.165, 1.54) is 4.90 Å². The van der Waals surface area contributed by atoms with Crippen molar-refractivity contribution in [2.24, 2.45) is 11.8 Å². The van der Waals surface area contributed by atoms with Gasteiger partial charge in [-0.1, -0.05) is 19.1 Å². The van der Waals surface area contributed by atoms with Gasteiger partial charge in [-0.25, -0.2) is 0 Å². The summed E-state index contributed by atoms with van der Waals surface area (Å²) in [7, 11) is 0. The van der Waals surface area contributed by atoms with Gasteiger partial charge in [0, 0.05) is 19.5 Å². The third-order valence-electron chi connectivity index (χ3n) is 5.18. The van der Waals surface area contributed by atoms with Crippen molar-refractivity contribution in [2.75, 3.05) is 26.2 Å². The van der Waals surface area contributed by atoms with Crippen LogP contribution in [0.3, 0.4) is 0 Å². The van der Waals surface area contributed by atoms with Gasteiger partial charge < -0.3 is 10.6 Å². The number of fused-ring (bicyclic) bond motifs is 1. The monoisotopic (exact) mass is 379 g/mol. The van der Waals surface area contributed by atoms with Crippen LogP contribution in [0.25, 0.3) is 0 Å². The van der Waals surface area contributed by atoms with Crippen LogP contribution in [0.1, 0.15) is 46.9 Å². The first-order chi connectivity index (χ1) is 12.1. The van der Waals surface area contributed by atoms with E-state index in [9.17, 15) is 14.4 Å². The van der Waals surface area contributed by atoms with Crippen LogP contribution in [0.2, 0.25) is 0 Å². The molecule has 142 valence electrons. The fourth-order valence-electron chi connectivity index (χ4n) is 3.65. The third-order valence-corrected chi connectivity index (χ3v) is 5.18. The molecule has 1 aromatic rings. The first-order valence-corrected chi connectivity index (χ1v) is 9.00. The smallest absolute Gasteiger partial charge is 0.261 e. The highest BCUT2D eigenvalue weighted by atomic mass is 35.5. The molecule has 2 aliphatic heterocycles. The molecule has 3 amide bonds. The average Bonchev–Trinajstić information content (AvgIpc) is 2.87. The summed E-state index contributed by atoms with van der Waals surface area (Å²) >= 11 is 0. The summed E-state index contributed by atoms with van der Waals surface area (Å²) in [5.74, 6) is 0.283. The second-order valence-corrected chi connectivity index (χ2v) is 6.95. The van der Waals surface area contributed by atoms with E-state index in [1.54, 1.807) is 24.3 Å². The maximum absolute atomic E-state index is 12.3. The van der Waals surface area contributed by atoms with Gasteiger partial charge in [-0.05, 0) is 49.9 Å². The largest absolute Gasteiger partial charge is 0.354 e. The molecule has 26 heavy (non-hydrogen) atoms. The summed E-state index contributed by atoms with van der Waals surface area (Å²) in [5, 5.41) is 6.22. The second-order valence-electron chi connectivity index (χ2n) is 6.95. The predicted molar refractivity (Wildman–Crippen MR) is 101 cm³/mol. The number of piperidine rings is 1. The SMILES string of the molecule is CC(CC(=O)NCCN1C(=O)c2ccccc2C1=O)C1CCCNC1.Cl. The number of imide groups is 1. The van der Waals surface area contributed by atoms with Gasteiger partial charge in [0.1, 0.15) is 0 Å². The number of nitrogens with one attached hydrogen (secondary N) is 2. The number of hydrogen-bond donors (Lipinski definition) is 2. The molecule has 2 unspecified atom stereocenters. The van der Waals surface area contributed by atoms with Crippen LogP contribution in [0, 0.1) is 11.8 Å². The average molecular weight is 380 g/mol. The molecule has 0 aliphatic carbocycles. The van der Waals surface area contributed by atoms with Gasteiger partial charge in [0.25, 0.3) is 11.8 Å². The van der Waals surface area contributed by atoms with Gasteiger partial charge in [0.2, 0.25) is 5.91 Å². The van der Waals surface area contributed by atoms with Crippen molar-refractivity contribution in [2.45, 2.75) is 26.2 Å². The standard InChI is InChI=1S/C19H25N3O3.ClH/c1-13(14-5-4-8-20-12-14)11-17(23)21-9-10-22-18(24)15-6-2-3-7-16(15)19(22)25;/h2-3,6-7,13-14,20H,4-5,8-12H2,1H3,(H,21,23);1H. The fourth-order valence-corrected chi connectivity index (χ4v) is 3.65. The Morgan fingerprint density at radius 1 is 1.27 bits per heavy atom. The lowest BCUT2D eigenvalue weighted by molar-refractivity contribution is -0.122. The van der Waals surface area contributed by atoms with Gasteiger partial charge in [-0.3, -0.25) is 19.3 Å². The molecule has 7 heteroatoms. The van der Waals surface area contributed by atoms with E-state index in [0.717, 1.165) is 25.9 Å². The van der Waals surface area contributed by atoms with Gasteiger partial charge in [0.05, 0.1) is 11.1 Å². The highest BCUT2D eigenvalue weighted by molar-refractivity contribution is 6.21. The fraction of sp³-hybridized carbons (Fsp3) is 0.526. The van der Waals surface area contributed by atoms with Crippen molar-refractivity contribution < 1.29 is 14.4 Å². The molecule has 0 radical (unpaired) electrons. The normalized spacial score (nSPS) is 20.3. The lowest BCUT2D eigenvalue weighted by Gasteiger charge is -2.28. The lowest BCUT2D eigenvalue weighted by Crippen LogP contribution is -2.39. The van der Waals surface area contributed by atoms with Gasteiger partial charge >= 0.3 is 0 Å². The first-order valence-electron chi connectivity index (χ1n) is 9.00. The highest BCUT2D eigenvalue weighted by Gasteiger charge is 2.34. The number of benzene rings is 1. The van der Waals surface area contributed by atoms with E-state index in [0.29, 0.717) is 35.9 Å². The zero-order valence-electron chi connectivity index (χ0n) is 15.0. The number of amides is 3. The highest BCUT2D eigenvalue weighted by Crippen LogP contribution is 2.23. The van der Waals surface area contributed by atoms with E-state index >= 15 is 0 Å².